The van der Waals surface area contributed by atoms with E-state index in [2.05, 4.69) is 0 Å². The van der Waals surface area contributed by atoms with Gasteiger partial charge in [-0.3, -0.25) is 0 Å². The summed E-state index contributed by atoms with van der Waals surface area (Å²) in [7, 11) is 0. The van der Waals surface area contributed by atoms with E-state index in [4.69, 9.17) is 20.9 Å². The van der Waals surface area contributed by atoms with Crippen LogP contribution in [0, 0.1) is 0 Å². The Balaban J connectivity index is 1.75. The van der Waals surface area contributed by atoms with Crippen LogP contribution in [0.2, 0.25) is 0 Å². The van der Waals surface area contributed by atoms with Crippen LogP contribution in [0.15, 0.2) is 66.7 Å². The average molecular weight is 324 g/mol. The third kappa shape index (κ3) is 3.76. The second-order valence-corrected chi connectivity index (χ2v) is 5.24. The van der Waals surface area contributed by atoms with Crippen LogP contribution in [0.1, 0.15) is 0 Å². The monoisotopic (exact) mass is 324 g/mol. The van der Waals surface area contributed by atoms with Gasteiger partial charge in [-0.05, 0) is 41.5 Å². The Labute approximate surface area is 139 Å². The number of nitrogens with two attached hydrogens (primary N) is 2. The van der Waals surface area contributed by atoms with Gasteiger partial charge in [0.05, 0.1) is 0 Å². The van der Waals surface area contributed by atoms with Gasteiger partial charge in [0.1, 0.15) is 17.2 Å². The molecule has 0 aliphatic rings. The molecule has 4 nitrogen and oxygen atoms in total. The predicted molar refractivity (Wildman–Crippen MR) is 93.8 cm³/mol. The van der Waals surface area contributed by atoms with Crippen LogP contribution in [0.3, 0.4) is 0 Å². The molecule has 0 atom stereocenters. The van der Waals surface area contributed by atoms with Gasteiger partial charge in [0.15, 0.2) is 0 Å². The van der Waals surface area contributed by atoms with Gasteiger partial charge >= 0.3 is 0 Å². The Hall–Kier alpha value is -3.21. The summed E-state index contributed by atoms with van der Waals surface area (Å²) in [5.41, 5.74) is 14.6. The lowest BCUT2D eigenvalue weighted by Crippen LogP contribution is -1.92. The second kappa shape index (κ2) is 6.91. The van der Waals surface area contributed by atoms with Gasteiger partial charge < -0.3 is 20.9 Å². The van der Waals surface area contributed by atoms with Gasteiger partial charge in [-0.15, -0.1) is 0 Å². The number of nitrogen functional groups attached to an aromatic ring is 2. The van der Waals surface area contributed by atoms with Gasteiger partial charge in [-0.25, -0.2) is 4.39 Å². The molecule has 5 heteroatoms. The molecule has 24 heavy (non-hydrogen) atoms. The van der Waals surface area contributed by atoms with Crippen molar-refractivity contribution < 1.29 is 13.9 Å². The van der Waals surface area contributed by atoms with Gasteiger partial charge in [-0.1, -0.05) is 24.3 Å². The first-order valence-electron chi connectivity index (χ1n) is 7.37. The van der Waals surface area contributed by atoms with Crippen molar-refractivity contribution in [2.24, 2.45) is 0 Å². The van der Waals surface area contributed by atoms with Crippen LogP contribution < -0.4 is 20.9 Å². The summed E-state index contributed by atoms with van der Waals surface area (Å²) in [4.78, 5) is 0. The van der Waals surface area contributed by atoms with Crippen molar-refractivity contribution in [3.63, 3.8) is 0 Å². The fourth-order valence-electron chi connectivity index (χ4n) is 2.36. The van der Waals surface area contributed by atoms with E-state index in [1.165, 1.54) is 0 Å². The molecule has 0 aromatic heterocycles. The van der Waals surface area contributed by atoms with Crippen molar-refractivity contribution in [3.05, 3.63) is 66.7 Å². The summed E-state index contributed by atoms with van der Waals surface area (Å²) in [6.07, 6.45) is 0. The highest BCUT2D eigenvalue weighted by atomic mass is 19.1. The summed E-state index contributed by atoms with van der Waals surface area (Å²) in [6, 6.07) is 19.9. The molecule has 0 saturated heterocycles. The van der Waals surface area contributed by atoms with Crippen molar-refractivity contribution in [3.8, 4) is 28.4 Å². The van der Waals surface area contributed by atoms with Crippen LogP contribution in [-0.2, 0) is 0 Å². The maximum absolute atomic E-state index is 12.1. The first kappa shape index (κ1) is 15.7. The zero-order valence-electron chi connectivity index (χ0n) is 12.9. The topological polar surface area (TPSA) is 70.5 Å². The van der Waals surface area contributed by atoms with Crippen LogP contribution in [0.4, 0.5) is 15.8 Å². The maximum atomic E-state index is 12.1. The molecule has 4 N–H and O–H groups in total. The number of hydrogen-bond acceptors (Lipinski definition) is 4. The van der Waals surface area contributed by atoms with E-state index in [1.807, 2.05) is 36.4 Å². The van der Waals surface area contributed by atoms with E-state index in [1.54, 1.807) is 30.3 Å². The lowest BCUT2D eigenvalue weighted by Gasteiger charge is -2.09. The number of halogens is 1. The Morgan fingerprint density at radius 2 is 1.17 bits per heavy atom. The molecule has 0 amide bonds. The van der Waals surface area contributed by atoms with E-state index in [9.17, 15) is 4.39 Å². The summed E-state index contributed by atoms with van der Waals surface area (Å²) in [5.74, 6) is 1.77. The standard InChI is InChI=1S/C19H17FN2O2/c20-12-23-17-5-1-13(2-6-17)14-3-7-18(8-4-14)24-19-10-15(21)9-16(22)11-19/h1-11H,12,21-22H2. The summed E-state index contributed by atoms with van der Waals surface area (Å²) in [5, 5.41) is 0. The largest absolute Gasteiger partial charge is 0.463 e. The van der Waals surface area contributed by atoms with Gasteiger partial charge in [0.2, 0.25) is 6.86 Å². The smallest absolute Gasteiger partial charge is 0.228 e. The predicted octanol–water partition coefficient (Wildman–Crippen LogP) is 4.62. The minimum atomic E-state index is -0.833. The molecule has 3 rings (SSSR count). The first-order chi connectivity index (χ1) is 11.6. The van der Waals surface area contributed by atoms with E-state index >= 15 is 0 Å². The molecular formula is C19H17FN2O2. The zero-order valence-corrected chi connectivity index (χ0v) is 12.9. The lowest BCUT2D eigenvalue weighted by atomic mass is 10.1. The Morgan fingerprint density at radius 1 is 0.667 bits per heavy atom. The highest BCUT2D eigenvalue weighted by molar-refractivity contribution is 5.65. The molecular weight excluding hydrogens is 307 g/mol. The van der Waals surface area contributed by atoms with E-state index in [0.717, 1.165) is 11.1 Å². The fraction of sp³-hybridized carbons (Fsp3) is 0.0526. The van der Waals surface area contributed by atoms with Crippen LogP contribution >= 0.6 is 0 Å². The second-order valence-electron chi connectivity index (χ2n) is 5.24. The minimum absolute atomic E-state index is 0.500. The molecule has 3 aromatic carbocycles. The highest BCUT2D eigenvalue weighted by Crippen LogP contribution is 2.29. The minimum Gasteiger partial charge on any atom is -0.463 e. The normalized spacial score (nSPS) is 10.4. The molecule has 0 aliphatic carbocycles. The highest BCUT2D eigenvalue weighted by Gasteiger charge is 2.03. The molecule has 0 bridgehead atoms. The first-order valence-corrected chi connectivity index (χ1v) is 7.37. The zero-order chi connectivity index (χ0) is 16.9. The number of anilines is 2. The number of rotatable bonds is 5. The van der Waals surface area contributed by atoms with E-state index in [-0.39, 0.29) is 0 Å². The molecule has 0 fully saturated rings. The molecule has 0 saturated carbocycles. The van der Waals surface area contributed by atoms with Crippen molar-refractivity contribution in [2.75, 3.05) is 18.3 Å². The van der Waals surface area contributed by atoms with Gasteiger partial charge in [0.25, 0.3) is 0 Å². The molecule has 0 radical (unpaired) electrons. The average Bonchev–Trinajstić information content (AvgIpc) is 2.56. The maximum Gasteiger partial charge on any atom is 0.228 e. The summed E-state index contributed by atoms with van der Waals surface area (Å²) in [6.45, 7) is -0.833. The third-order valence-corrected chi connectivity index (χ3v) is 3.45. The van der Waals surface area contributed by atoms with Crippen LogP contribution in [0.5, 0.6) is 17.2 Å². The van der Waals surface area contributed by atoms with Gasteiger partial charge in [0, 0.05) is 23.5 Å². The van der Waals surface area contributed by atoms with Crippen molar-refractivity contribution in [1.82, 2.24) is 0 Å². The molecule has 0 aliphatic heterocycles. The molecule has 122 valence electrons. The van der Waals surface area contributed by atoms with Crippen LogP contribution in [0.25, 0.3) is 11.1 Å². The van der Waals surface area contributed by atoms with Crippen molar-refractivity contribution in [1.29, 1.82) is 0 Å². The number of benzene rings is 3. The van der Waals surface area contributed by atoms with Crippen molar-refractivity contribution in [2.45, 2.75) is 0 Å². The summed E-state index contributed by atoms with van der Waals surface area (Å²) < 4.78 is 22.7. The molecule has 0 unspecified atom stereocenters. The fourth-order valence-corrected chi connectivity index (χ4v) is 2.36. The number of hydrogen-bond donors (Lipinski definition) is 2. The Kier molecular flexibility index (Phi) is 4.52. The number of ether oxygens (including phenoxy) is 2. The summed E-state index contributed by atoms with van der Waals surface area (Å²) >= 11 is 0. The number of alkyl halides is 1. The quantitative estimate of drug-likeness (QED) is 0.672. The lowest BCUT2D eigenvalue weighted by molar-refractivity contribution is 0.192. The molecule has 3 aromatic rings. The molecule has 0 spiro atoms. The van der Waals surface area contributed by atoms with E-state index < -0.39 is 6.86 Å². The third-order valence-electron chi connectivity index (χ3n) is 3.45. The Bertz CT molecular complexity index is 798. The van der Waals surface area contributed by atoms with Crippen LogP contribution in [-0.4, -0.2) is 6.86 Å². The van der Waals surface area contributed by atoms with Crippen molar-refractivity contribution >= 4 is 11.4 Å². The SMILES string of the molecule is Nc1cc(N)cc(Oc2ccc(-c3ccc(OCF)cc3)cc2)c1. The van der Waals surface area contributed by atoms with Gasteiger partial charge in [-0.2, -0.15) is 0 Å². The van der Waals surface area contributed by atoms with E-state index in [0.29, 0.717) is 28.6 Å². The Morgan fingerprint density at radius 3 is 1.67 bits per heavy atom. The molecule has 0 heterocycles.